The second-order valence-corrected chi connectivity index (χ2v) is 6.55. The molecule has 2 aromatic rings. The van der Waals surface area contributed by atoms with E-state index in [-0.39, 0.29) is 12.5 Å². The van der Waals surface area contributed by atoms with Gasteiger partial charge in [0.15, 0.2) is 12.4 Å². The number of nitrogens with zero attached hydrogens (tertiary/aromatic N) is 3. The van der Waals surface area contributed by atoms with Crippen LogP contribution < -0.4 is 15.4 Å². The average Bonchev–Trinajstić information content (AvgIpc) is 2.95. The number of hydrogen-bond donors (Lipinski definition) is 2. The topological polar surface area (TPSA) is 81.1 Å². The van der Waals surface area contributed by atoms with Crippen molar-refractivity contribution in [2.75, 3.05) is 25.0 Å². The number of benzene rings is 1. The Kier molecular flexibility index (Phi) is 5.33. The first-order valence-electron chi connectivity index (χ1n) is 8.64. The standard InChI is InChI=1S/C18H25N5O2/c1-12-4-5-15(13(2)10-12)25-11-16(24)20-18-21-17(22-23(18)3)14-6-8-19-9-7-14/h4-5,10,14,19H,6-9,11H2,1-3H3,(H,20,21,22,24). The number of aryl methyl sites for hydroxylation is 3. The molecule has 1 aromatic heterocycles. The van der Waals surface area contributed by atoms with Crippen molar-refractivity contribution in [3.63, 3.8) is 0 Å². The molecule has 2 heterocycles. The Morgan fingerprint density at radius 1 is 1.36 bits per heavy atom. The highest BCUT2D eigenvalue weighted by Crippen LogP contribution is 2.23. The second-order valence-electron chi connectivity index (χ2n) is 6.55. The van der Waals surface area contributed by atoms with Crippen LogP contribution in [0.5, 0.6) is 5.75 Å². The smallest absolute Gasteiger partial charge is 0.264 e. The summed E-state index contributed by atoms with van der Waals surface area (Å²) in [6, 6.07) is 5.88. The minimum absolute atomic E-state index is 0.0561. The van der Waals surface area contributed by atoms with Gasteiger partial charge in [0.05, 0.1) is 0 Å². The predicted molar refractivity (Wildman–Crippen MR) is 95.9 cm³/mol. The van der Waals surface area contributed by atoms with Gasteiger partial charge in [-0.3, -0.25) is 10.1 Å². The van der Waals surface area contributed by atoms with E-state index >= 15 is 0 Å². The van der Waals surface area contributed by atoms with Crippen molar-refractivity contribution in [2.24, 2.45) is 7.05 Å². The Bertz CT molecular complexity index is 750. The minimum atomic E-state index is -0.243. The highest BCUT2D eigenvalue weighted by Gasteiger charge is 2.21. The van der Waals surface area contributed by atoms with Crippen molar-refractivity contribution in [1.29, 1.82) is 0 Å². The molecule has 1 saturated heterocycles. The predicted octanol–water partition coefficient (Wildman–Crippen LogP) is 1.92. The van der Waals surface area contributed by atoms with E-state index in [0.29, 0.717) is 17.6 Å². The third-order valence-electron chi connectivity index (χ3n) is 4.42. The molecule has 1 aliphatic rings. The molecule has 0 aliphatic carbocycles. The normalized spacial score (nSPS) is 15.2. The van der Waals surface area contributed by atoms with Crippen LogP contribution in [-0.4, -0.2) is 40.4 Å². The van der Waals surface area contributed by atoms with E-state index in [0.717, 1.165) is 37.3 Å². The van der Waals surface area contributed by atoms with Crippen LogP contribution in [0.25, 0.3) is 0 Å². The molecule has 0 unspecified atom stereocenters. The van der Waals surface area contributed by atoms with E-state index < -0.39 is 0 Å². The number of ether oxygens (including phenoxy) is 1. The van der Waals surface area contributed by atoms with E-state index in [9.17, 15) is 4.79 Å². The number of amides is 1. The fourth-order valence-electron chi connectivity index (χ4n) is 3.03. The summed E-state index contributed by atoms with van der Waals surface area (Å²) in [5.41, 5.74) is 2.18. The Morgan fingerprint density at radius 2 is 2.12 bits per heavy atom. The third-order valence-corrected chi connectivity index (χ3v) is 4.42. The van der Waals surface area contributed by atoms with Gasteiger partial charge in [0.25, 0.3) is 5.91 Å². The van der Waals surface area contributed by atoms with Crippen molar-refractivity contribution >= 4 is 11.9 Å². The van der Waals surface area contributed by atoms with E-state index in [2.05, 4.69) is 20.7 Å². The summed E-state index contributed by atoms with van der Waals surface area (Å²) < 4.78 is 7.23. The lowest BCUT2D eigenvalue weighted by Gasteiger charge is -2.19. The van der Waals surface area contributed by atoms with Crippen LogP contribution in [0.2, 0.25) is 0 Å². The van der Waals surface area contributed by atoms with Crippen molar-refractivity contribution in [3.05, 3.63) is 35.2 Å². The van der Waals surface area contributed by atoms with Crippen molar-refractivity contribution in [2.45, 2.75) is 32.6 Å². The molecule has 0 spiro atoms. The van der Waals surface area contributed by atoms with Crippen LogP contribution in [0.3, 0.4) is 0 Å². The van der Waals surface area contributed by atoms with Crippen molar-refractivity contribution in [3.8, 4) is 5.75 Å². The van der Waals surface area contributed by atoms with Gasteiger partial charge in [0.1, 0.15) is 5.75 Å². The quantitative estimate of drug-likeness (QED) is 0.867. The third kappa shape index (κ3) is 4.36. The molecule has 3 rings (SSSR count). The maximum absolute atomic E-state index is 12.2. The van der Waals surface area contributed by atoms with E-state index in [1.807, 2.05) is 32.0 Å². The monoisotopic (exact) mass is 343 g/mol. The lowest BCUT2D eigenvalue weighted by Crippen LogP contribution is -2.27. The van der Waals surface area contributed by atoms with Gasteiger partial charge >= 0.3 is 0 Å². The van der Waals surface area contributed by atoms with Gasteiger partial charge in [-0.25, -0.2) is 4.68 Å². The van der Waals surface area contributed by atoms with E-state index in [1.165, 1.54) is 5.56 Å². The summed E-state index contributed by atoms with van der Waals surface area (Å²) in [7, 11) is 1.79. The Labute approximate surface area is 147 Å². The van der Waals surface area contributed by atoms with Crippen LogP contribution >= 0.6 is 0 Å². The molecule has 7 heteroatoms. The fraction of sp³-hybridized carbons (Fsp3) is 0.500. The summed E-state index contributed by atoms with van der Waals surface area (Å²) in [6.45, 7) is 5.90. The molecule has 1 amide bonds. The van der Waals surface area contributed by atoms with Gasteiger partial charge in [-0.05, 0) is 51.4 Å². The molecule has 25 heavy (non-hydrogen) atoms. The molecule has 2 N–H and O–H groups in total. The molecule has 1 aromatic carbocycles. The van der Waals surface area contributed by atoms with Gasteiger partial charge in [0.2, 0.25) is 5.95 Å². The first-order valence-corrected chi connectivity index (χ1v) is 8.64. The van der Waals surface area contributed by atoms with Gasteiger partial charge in [-0.1, -0.05) is 17.7 Å². The SMILES string of the molecule is Cc1ccc(OCC(=O)Nc2nc(C3CCNCC3)nn2C)c(C)c1. The molecule has 7 nitrogen and oxygen atoms in total. The van der Waals surface area contributed by atoms with Crippen LogP contribution in [-0.2, 0) is 11.8 Å². The largest absolute Gasteiger partial charge is 0.483 e. The number of nitrogens with one attached hydrogen (secondary N) is 2. The number of carbonyl (C=O) groups is 1. The zero-order valence-corrected chi connectivity index (χ0v) is 15.0. The number of anilines is 1. The Hall–Kier alpha value is -2.41. The molecule has 0 radical (unpaired) electrons. The molecule has 0 atom stereocenters. The molecule has 1 aliphatic heterocycles. The number of hydrogen-bond acceptors (Lipinski definition) is 5. The highest BCUT2D eigenvalue weighted by atomic mass is 16.5. The van der Waals surface area contributed by atoms with Crippen LogP contribution in [0.1, 0.15) is 35.7 Å². The highest BCUT2D eigenvalue weighted by molar-refractivity contribution is 5.90. The maximum atomic E-state index is 12.2. The zero-order valence-electron chi connectivity index (χ0n) is 15.0. The van der Waals surface area contributed by atoms with Crippen molar-refractivity contribution in [1.82, 2.24) is 20.1 Å². The number of aromatic nitrogens is 3. The van der Waals surface area contributed by atoms with Crippen molar-refractivity contribution < 1.29 is 9.53 Å². The van der Waals surface area contributed by atoms with E-state index in [4.69, 9.17) is 4.74 Å². The first-order chi connectivity index (χ1) is 12.0. The molecule has 134 valence electrons. The number of rotatable bonds is 5. The Balaban J connectivity index is 1.58. The molecular formula is C18H25N5O2. The van der Waals surface area contributed by atoms with Gasteiger partial charge < -0.3 is 10.1 Å². The summed E-state index contributed by atoms with van der Waals surface area (Å²) in [4.78, 5) is 16.7. The molecule has 0 bridgehead atoms. The average molecular weight is 343 g/mol. The summed E-state index contributed by atoms with van der Waals surface area (Å²) >= 11 is 0. The lowest BCUT2D eigenvalue weighted by molar-refractivity contribution is -0.118. The Morgan fingerprint density at radius 3 is 2.84 bits per heavy atom. The van der Waals surface area contributed by atoms with Crippen LogP contribution in [0.4, 0.5) is 5.95 Å². The molecule has 1 fully saturated rings. The first kappa shape index (κ1) is 17.4. The maximum Gasteiger partial charge on any atom is 0.264 e. The number of piperidine rings is 1. The molecular weight excluding hydrogens is 318 g/mol. The number of carbonyl (C=O) groups excluding carboxylic acids is 1. The van der Waals surface area contributed by atoms with Crippen LogP contribution in [0, 0.1) is 13.8 Å². The zero-order chi connectivity index (χ0) is 17.8. The van der Waals surface area contributed by atoms with Gasteiger partial charge in [-0.2, -0.15) is 10.1 Å². The lowest BCUT2D eigenvalue weighted by atomic mass is 9.98. The fourth-order valence-corrected chi connectivity index (χ4v) is 3.03. The van der Waals surface area contributed by atoms with Gasteiger partial charge in [0, 0.05) is 13.0 Å². The summed E-state index contributed by atoms with van der Waals surface area (Å²) in [5.74, 6) is 2.09. The van der Waals surface area contributed by atoms with E-state index in [1.54, 1.807) is 11.7 Å². The summed E-state index contributed by atoms with van der Waals surface area (Å²) in [6.07, 6.45) is 2.04. The second kappa shape index (κ2) is 7.65. The van der Waals surface area contributed by atoms with Gasteiger partial charge in [-0.15, -0.1) is 0 Å². The van der Waals surface area contributed by atoms with Crippen LogP contribution in [0.15, 0.2) is 18.2 Å². The minimum Gasteiger partial charge on any atom is -0.483 e. The summed E-state index contributed by atoms with van der Waals surface area (Å²) in [5, 5.41) is 10.6. The molecule has 0 saturated carbocycles.